The van der Waals surface area contributed by atoms with Crippen LogP contribution in [0.5, 0.6) is 0 Å². The van der Waals surface area contributed by atoms with E-state index in [-0.39, 0.29) is 11.2 Å². The van der Waals surface area contributed by atoms with E-state index in [1.54, 1.807) is 0 Å². The summed E-state index contributed by atoms with van der Waals surface area (Å²) in [6.45, 7) is 3.99. The molecule has 2 aliphatic rings. The van der Waals surface area contributed by atoms with Gasteiger partial charge in [-0.25, -0.2) is 0 Å². The summed E-state index contributed by atoms with van der Waals surface area (Å²) in [4.78, 5) is 12.4. The van der Waals surface area contributed by atoms with Crippen LogP contribution in [-0.4, -0.2) is 5.78 Å². The van der Waals surface area contributed by atoms with Crippen LogP contribution in [0.2, 0.25) is 0 Å². The molecule has 17 heavy (non-hydrogen) atoms. The number of nitriles is 1. The number of carbonyl (C=O) groups excluding carboxylic acids is 1. The van der Waals surface area contributed by atoms with E-state index in [1.807, 2.05) is 13.8 Å². The van der Waals surface area contributed by atoms with Crippen molar-refractivity contribution in [2.75, 3.05) is 0 Å². The second-order valence-corrected chi connectivity index (χ2v) is 6.62. The zero-order valence-electron chi connectivity index (χ0n) is 11.1. The molecule has 2 fully saturated rings. The van der Waals surface area contributed by atoms with Crippen molar-refractivity contribution in [3.63, 3.8) is 0 Å². The second kappa shape index (κ2) is 4.44. The summed E-state index contributed by atoms with van der Waals surface area (Å²) in [5, 5.41) is 9.48. The average Bonchev–Trinajstić information content (AvgIpc) is 2.55. The predicted octanol–water partition coefficient (Wildman–Crippen LogP) is 3.86. The van der Waals surface area contributed by atoms with Crippen LogP contribution in [0.1, 0.15) is 65.2 Å². The minimum Gasteiger partial charge on any atom is -0.297 e. The van der Waals surface area contributed by atoms with Gasteiger partial charge in [0.2, 0.25) is 0 Å². The van der Waals surface area contributed by atoms with Crippen LogP contribution in [0, 0.1) is 28.1 Å². The van der Waals surface area contributed by atoms with Crippen molar-refractivity contribution in [1.29, 1.82) is 5.26 Å². The van der Waals surface area contributed by atoms with Gasteiger partial charge in [-0.2, -0.15) is 5.26 Å². The molecule has 0 aliphatic heterocycles. The molecule has 0 N–H and O–H groups in total. The first-order valence-electron chi connectivity index (χ1n) is 6.96. The van der Waals surface area contributed by atoms with Crippen LogP contribution >= 0.6 is 0 Å². The summed E-state index contributed by atoms with van der Waals surface area (Å²) in [5.74, 6) is 0.819. The number of nitrogens with zero attached hydrogens (tertiary/aromatic N) is 1. The third kappa shape index (κ3) is 2.25. The van der Waals surface area contributed by atoms with E-state index < -0.39 is 5.41 Å². The van der Waals surface area contributed by atoms with Gasteiger partial charge >= 0.3 is 0 Å². The summed E-state index contributed by atoms with van der Waals surface area (Å²) in [6.07, 6.45) is 8.82. The van der Waals surface area contributed by atoms with Crippen molar-refractivity contribution in [2.45, 2.75) is 65.2 Å². The van der Waals surface area contributed by atoms with Gasteiger partial charge in [-0.1, -0.05) is 46.0 Å². The Morgan fingerprint density at radius 2 is 1.88 bits per heavy atom. The van der Waals surface area contributed by atoms with Gasteiger partial charge in [-0.05, 0) is 25.2 Å². The summed E-state index contributed by atoms with van der Waals surface area (Å²) in [7, 11) is 0. The molecule has 2 nitrogen and oxygen atoms in total. The molecule has 0 aromatic rings. The number of rotatable bonds is 2. The van der Waals surface area contributed by atoms with Crippen LogP contribution in [0.4, 0.5) is 0 Å². The molecule has 0 amide bonds. The fraction of sp³-hybridized carbons (Fsp3) is 0.867. The van der Waals surface area contributed by atoms with E-state index in [2.05, 4.69) is 6.07 Å². The van der Waals surface area contributed by atoms with Gasteiger partial charge in [-0.3, -0.25) is 4.79 Å². The Bertz CT molecular complexity index is 346. The molecule has 2 rings (SSSR count). The number of hydrogen-bond acceptors (Lipinski definition) is 2. The van der Waals surface area contributed by atoms with Crippen molar-refractivity contribution in [1.82, 2.24) is 0 Å². The van der Waals surface area contributed by atoms with Crippen molar-refractivity contribution < 1.29 is 4.79 Å². The number of Topliss-reactive ketones (excluding diaryl/α,β-unsaturated/α-hetero) is 1. The molecular formula is C15H23NO. The van der Waals surface area contributed by atoms with E-state index in [0.717, 1.165) is 19.3 Å². The lowest BCUT2D eigenvalue weighted by Gasteiger charge is -2.29. The molecular weight excluding hydrogens is 210 g/mol. The van der Waals surface area contributed by atoms with Crippen molar-refractivity contribution >= 4 is 5.78 Å². The van der Waals surface area contributed by atoms with E-state index in [9.17, 15) is 10.1 Å². The van der Waals surface area contributed by atoms with Gasteiger partial charge in [0.05, 0.1) is 6.07 Å². The number of hydrogen-bond donors (Lipinski definition) is 0. The third-order valence-corrected chi connectivity index (χ3v) is 4.80. The zero-order chi connectivity index (χ0) is 12.5. The molecule has 0 heterocycles. The lowest BCUT2D eigenvalue weighted by atomic mass is 9.72. The molecule has 2 heteroatoms. The standard InChI is InChI=1S/C15H23NO/c1-14(2)8-9-15(11-16,13(14)17)10-12-6-4-3-5-7-12/h12H,3-10H2,1-2H3. The zero-order valence-corrected chi connectivity index (χ0v) is 11.1. The first kappa shape index (κ1) is 12.6. The maximum absolute atomic E-state index is 12.4. The van der Waals surface area contributed by atoms with Crippen LogP contribution in [0.15, 0.2) is 0 Å². The number of ketones is 1. The van der Waals surface area contributed by atoms with Gasteiger partial charge in [0.15, 0.2) is 5.78 Å². The second-order valence-electron chi connectivity index (χ2n) is 6.62. The molecule has 1 atom stereocenters. The van der Waals surface area contributed by atoms with Gasteiger partial charge in [0, 0.05) is 5.41 Å². The molecule has 0 aromatic heterocycles. The highest BCUT2D eigenvalue weighted by Gasteiger charge is 2.52. The Kier molecular flexibility index (Phi) is 3.30. The summed E-state index contributed by atoms with van der Waals surface area (Å²) in [5.41, 5.74) is -0.921. The fourth-order valence-corrected chi connectivity index (χ4v) is 3.63. The Labute approximate surface area is 104 Å². The van der Waals surface area contributed by atoms with Crippen LogP contribution < -0.4 is 0 Å². The SMILES string of the molecule is CC1(C)CCC(C#N)(CC2CCCCC2)C1=O. The van der Waals surface area contributed by atoms with Gasteiger partial charge in [-0.15, -0.1) is 0 Å². The first-order valence-corrected chi connectivity index (χ1v) is 6.96. The lowest BCUT2D eigenvalue weighted by Crippen LogP contribution is -2.33. The molecule has 2 aliphatic carbocycles. The van der Waals surface area contributed by atoms with Crippen molar-refractivity contribution in [3.05, 3.63) is 0 Å². The van der Waals surface area contributed by atoms with Crippen molar-refractivity contribution in [2.24, 2.45) is 16.7 Å². The Balaban J connectivity index is 2.11. The van der Waals surface area contributed by atoms with E-state index >= 15 is 0 Å². The fourth-order valence-electron chi connectivity index (χ4n) is 3.63. The number of carbonyl (C=O) groups is 1. The molecule has 1 unspecified atom stereocenters. The summed E-state index contributed by atoms with van der Waals surface area (Å²) in [6, 6.07) is 2.38. The highest BCUT2D eigenvalue weighted by atomic mass is 16.1. The van der Waals surface area contributed by atoms with Crippen LogP contribution in [0.25, 0.3) is 0 Å². The molecule has 0 bridgehead atoms. The monoisotopic (exact) mass is 233 g/mol. The molecule has 0 spiro atoms. The van der Waals surface area contributed by atoms with E-state index in [1.165, 1.54) is 32.1 Å². The van der Waals surface area contributed by atoms with Crippen molar-refractivity contribution in [3.8, 4) is 6.07 Å². The topological polar surface area (TPSA) is 40.9 Å². The maximum Gasteiger partial charge on any atom is 0.158 e. The molecule has 0 aromatic carbocycles. The Hall–Kier alpha value is -0.840. The van der Waals surface area contributed by atoms with Crippen LogP contribution in [-0.2, 0) is 4.79 Å². The smallest absolute Gasteiger partial charge is 0.158 e. The normalized spacial score (nSPS) is 33.6. The van der Waals surface area contributed by atoms with Gasteiger partial charge in [0.1, 0.15) is 5.41 Å². The van der Waals surface area contributed by atoms with Gasteiger partial charge in [0.25, 0.3) is 0 Å². The minimum absolute atomic E-state index is 0.207. The predicted molar refractivity (Wildman–Crippen MR) is 67.3 cm³/mol. The highest BCUT2D eigenvalue weighted by Crippen LogP contribution is 2.50. The maximum atomic E-state index is 12.4. The van der Waals surface area contributed by atoms with E-state index in [0.29, 0.717) is 5.92 Å². The van der Waals surface area contributed by atoms with Gasteiger partial charge < -0.3 is 0 Å². The Morgan fingerprint density at radius 1 is 1.24 bits per heavy atom. The minimum atomic E-state index is -0.647. The first-order chi connectivity index (χ1) is 8.00. The average molecular weight is 233 g/mol. The summed E-state index contributed by atoms with van der Waals surface area (Å²) < 4.78 is 0. The highest BCUT2D eigenvalue weighted by molar-refractivity contribution is 5.94. The quantitative estimate of drug-likeness (QED) is 0.726. The molecule has 94 valence electrons. The summed E-state index contributed by atoms with van der Waals surface area (Å²) >= 11 is 0. The molecule has 2 saturated carbocycles. The Morgan fingerprint density at radius 3 is 2.35 bits per heavy atom. The van der Waals surface area contributed by atoms with E-state index in [4.69, 9.17) is 0 Å². The van der Waals surface area contributed by atoms with Crippen LogP contribution in [0.3, 0.4) is 0 Å². The third-order valence-electron chi connectivity index (χ3n) is 4.80. The molecule has 0 radical (unpaired) electrons. The largest absolute Gasteiger partial charge is 0.297 e. The lowest BCUT2D eigenvalue weighted by molar-refractivity contribution is -0.130. The molecule has 0 saturated heterocycles.